The van der Waals surface area contributed by atoms with Crippen molar-refractivity contribution in [3.63, 3.8) is 0 Å². The maximum Gasteiger partial charge on any atom is 0.129 e. The third-order valence-corrected chi connectivity index (χ3v) is 2.17. The summed E-state index contributed by atoms with van der Waals surface area (Å²) in [4.78, 5) is 0. The summed E-state index contributed by atoms with van der Waals surface area (Å²) in [6.45, 7) is 0. The molecule has 1 N–H and O–H groups in total. The van der Waals surface area contributed by atoms with E-state index in [2.05, 4.69) is 0 Å². The number of hydrogen-bond donors (Lipinski definition) is 1. The lowest BCUT2D eigenvalue weighted by atomic mass is 10.1. The average Bonchev–Trinajstić information content (AvgIpc) is 2.93. The van der Waals surface area contributed by atoms with E-state index in [-0.39, 0.29) is 0 Å². The standard InChI is InChI=1S/C11H12O2/c1-13-11(8-6-7-8)9-4-2-3-5-10(9)12/h2-5,12H,6-7H2,1H3. The number of phenols is 1. The van der Waals surface area contributed by atoms with Crippen LogP contribution in [0.15, 0.2) is 29.8 Å². The van der Waals surface area contributed by atoms with Crippen LogP contribution in [-0.2, 0) is 4.74 Å². The van der Waals surface area contributed by atoms with E-state index in [1.165, 1.54) is 5.57 Å². The van der Waals surface area contributed by atoms with Gasteiger partial charge in [0.25, 0.3) is 0 Å². The monoisotopic (exact) mass is 176 g/mol. The summed E-state index contributed by atoms with van der Waals surface area (Å²) in [6, 6.07) is 7.26. The largest absolute Gasteiger partial charge is 0.507 e. The number of aromatic hydroxyl groups is 1. The molecule has 1 aliphatic carbocycles. The van der Waals surface area contributed by atoms with E-state index in [0.29, 0.717) is 5.75 Å². The van der Waals surface area contributed by atoms with Crippen molar-refractivity contribution in [3.05, 3.63) is 35.4 Å². The Morgan fingerprint density at radius 1 is 1.31 bits per heavy atom. The Kier molecular flexibility index (Phi) is 1.97. The Labute approximate surface area is 77.5 Å². The van der Waals surface area contributed by atoms with Crippen molar-refractivity contribution < 1.29 is 9.84 Å². The molecule has 0 aromatic heterocycles. The molecule has 0 unspecified atom stereocenters. The van der Waals surface area contributed by atoms with Gasteiger partial charge in [-0.3, -0.25) is 0 Å². The maximum atomic E-state index is 9.57. The highest BCUT2D eigenvalue weighted by Crippen LogP contribution is 2.39. The molecular formula is C11H12O2. The zero-order valence-corrected chi connectivity index (χ0v) is 7.58. The molecule has 13 heavy (non-hydrogen) atoms. The summed E-state index contributed by atoms with van der Waals surface area (Å²) in [7, 11) is 1.65. The predicted octanol–water partition coefficient (Wildman–Crippen LogP) is 2.54. The van der Waals surface area contributed by atoms with Crippen molar-refractivity contribution in [1.29, 1.82) is 0 Å². The normalized spacial score (nSPS) is 14.1. The number of benzene rings is 1. The third-order valence-electron chi connectivity index (χ3n) is 2.17. The Morgan fingerprint density at radius 2 is 2.00 bits per heavy atom. The van der Waals surface area contributed by atoms with Gasteiger partial charge in [0.05, 0.1) is 12.7 Å². The molecule has 0 heterocycles. The number of hydrogen-bond acceptors (Lipinski definition) is 2. The van der Waals surface area contributed by atoms with Gasteiger partial charge in [0.1, 0.15) is 11.5 Å². The van der Waals surface area contributed by atoms with Crippen molar-refractivity contribution in [2.24, 2.45) is 0 Å². The van der Waals surface area contributed by atoms with Crippen LogP contribution in [0.2, 0.25) is 0 Å². The predicted molar refractivity (Wildman–Crippen MR) is 51.3 cm³/mol. The van der Waals surface area contributed by atoms with Crippen molar-refractivity contribution >= 4 is 5.76 Å². The molecule has 2 rings (SSSR count). The van der Waals surface area contributed by atoms with Gasteiger partial charge >= 0.3 is 0 Å². The van der Waals surface area contributed by atoms with Gasteiger partial charge < -0.3 is 9.84 Å². The Balaban J connectivity index is 2.44. The lowest BCUT2D eigenvalue weighted by Gasteiger charge is -2.07. The van der Waals surface area contributed by atoms with Crippen LogP contribution in [-0.4, -0.2) is 12.2 Å². The summed E-state index contributed by atoms with van der Waals surface area (Å²) in [5.41, 5.74) is 2.10. The SMILES string of the molecule is COC(=C1CC1)c1ccccc1O. The number of rotatable bonds is 2. The zero-order chi connectivity index (χ0) is 9.26. The molecule has 0 atom stereocenters. The molecule has 0 amide bonds. The minimum Gasteiger partial charge on any atom is -0.507 e. The molecule has 1 saturated carbocycles. The topological polar surface area (TPSA) is 29.5 Å². The summed E-state index contributed by atoms with van der Waals surface area (Å²) in [5.74, 6) is 1.14. The summed E-state index contributed by atoms with van der Waals surface area (Å²) >= 11 is 0. The van der Waals surface area contributed by atoms with Crippen LogP contribution in [0.25, 0.3) is 5.76 Å². The highest BCUT2D eigenvalue weighted by Gasteiger charge is 2.21. The van der Waals surface area contributed by atoms with Gasteiger partial charge in [0.2, 0.25) is 0 Å². The quantitative estimate of drug-likeness (QED) is 0.702. The molecule has 2 heteroatoms. The lowest BCUT2D eigenvalue weighted by molar-refractivity contribution is 0.364. The van der Waals surface area contributed by atoms with E-state index in [1.54, 1.807) is 13.2 Å². The number of phenolic OH excluding ortho intramolecular Hbond substituents is 1. The van der Waals surface area contributed by atoms with Gasteiger partial charge in [-0.25, -0.2) is 0 Å². The van der Waals surface area contributed by atoms with Crippen molar-refractivity contribution in [1.82, 2.24) is 0 Å². The van der Waals surface area contributed by atoms with Gasteiger partial charge in [0, 0.05) is 0 Å². The van der Waals surface area contributed by atoms with E-state index in [1.807, 2.05) is 18.2 Å². The Morgan fingerprint density at radius 3 is 2.54 bits per heavy atom. The Bertz CT molecular complexity index is 347. The van der Waals surface area contributed by atoms with Crippen LogP contribution < -0.4 is 0 Å². The fourth-order valence-corrected chi connectivity index (χ4v) is 1.40. The van der Waals surface area contributed by atoms with E-state index in [0.717, 1.165) is 24.2 Å². The second kappa shape index (κ2) is 3.13. The van der Waals surface area contributed by atoms with Crippen LogP contribution in [0.1, 0.15) is 18.4 Å². The van der Waals surface area contributed by atoms with Crippen LogP contribution in [0.5, 0.6) is 5.75 Å². The van der Waals surface area contributed by atoms with Gasteiger partial charge in [0.15, 0.2) is 0 Å². The molecule has 2 nitrogen and oxygen atoms in total. The van der Waals surface area contributed by atoms with Crippen molar-refractivity contribution in [2.75, 3.05) is 7.11 Å². The van der Waals surface area contributed by atoms with E-state index < -0.39 is 0 Å². The molecule has 0 bridgehead atoms. The van der Waals surface area contributed by atoms with E-state index in [4.69, 9.17) is 4.74 Å². The van der Waals surface area contributed by atoms with E-state index in [9.17, 15) is 5.11 Å². The van der Waals surface area contributed by atoms with Crippen LogP contribution in [0, 0.1) is 0 Å². The average molecular weight is 176 g/mol. The third kappa shape index (κ3) is 1.52. The summed E-state index contributed by atoms with van der Waals surface area (Å²) in [5, 5.41) is 9.57. The van der Waals surface area contributed by atoms with Crippen LogP contribution in [0.3, 0.4) is 0 Å². The zero-order valence-electron chi connectivity index (χ0n) is 7.58. The first-order chi connectivity index (χ1) is 6.33. The molecule has 1 aromatic rings. The maximum absolute atomic E-state index is 9.57. The minimum atomic E-state index is 0.291. The highest BCUT2D eigenvalue weighted by molar-refractivity contribution is 5.70. The molecule has 0 radical (unpaired) electrons. The van der Waals surface area contributed by atoms with Gasteiger partial charge in [-0.1, -0.05) is 12.1 Å². The lowest BCUT2D eigenvalue weighted by Crippen LogP contribution is -1.87. The first kappa shape index (κ1) is 8.17. The van der Waals surface area contributed by atoms with Crippen molar-refractivity contribution in [2.45, 2.75) is 12.8 Å². The minimum absolute atomic E-state index is 0.291. The fourth-order valence-electron chi connectivity index (χ4n) is 1.40. The highest BCUT2D eigenvalue weighted by atomic mass is 16.5. The molecule has 0 aliphatic heterocycles. The second-order valence-corrected chi connectivity index (χ2v) is 3.15. The molecular weight excluding hydrogens is 164 g/mol. The molecule has 1 fully saturated rings. The first-order valence-electron chi connectivity index (χ1n) is 4.37. The van der Waals surface area contributed by atoms with Crippen molar-refractivity contribution in [3.8, 4) is 5.75 Å². The molecule has 68 valence electrons. The summed E-state index contributed by atoms with van der Waals surface area (Å²) in [6.07, 6.45) is 2.19. The molecule has 0 saturated heterocycles. The smallest absolute Gasteiger partial charge is 0.129 e. The first-order valence-corrected chi connectivity index (χ1v) is 4.37. The van der Waals surface area contributed by atoms with Gasteiger partial charge in [-0.2, -0.15) is 0 Å². The van der Waals surface area contributed by atoms with Crippen LogP contribution in [0.4, 0.5) is 0 Å². The molecule has 1 aromatic carbocycles. The van der Waals surface area contributed by atoms with E-state index >= 15 is 0 Å². The summed E-state index contributed by atoms with van der Waals surface area (Å²) < 4.78 is 5.26. The van der Waals surface area contributed by atoms with Gasteiger partial charge in [-0.15, -0.1) is 0 Å². The molecule has 1 aliphatic rings. The number of allylic oxidation sites excluding steroid dienone is 1. The number of para-hydroxylation sites is 1. The van der Waals surface area contributed by atoms with Crippen LogP contribution >= 0.6 is 0 Å². The number of methoxy groups -OCH3 is 1. The fraction of sp³-hybridized carbons (Fsp3) is 0.273. The second-order valence-electron chi connectivity index (χ2n) is 3.15. The van der Waals surface area contributed by atoms with Gasteiger partial charge in [-0.05, 0) is 30.5 Å². The number of ether oxygens (including phenoxy) is 1. The Hall–Kier alpha value is -1.44. The molecule has 0 spiro atoms.